The number of benzene rings is 2. The van der Waals surface area contributed by atoms with E-state index in [0.717, 1.165) is 0 Å². The van der Waals surface area contributed by atoms with Gasteiger partial charge >= 0.3 is 0 Å². The zero-order chi connectivity index (χ0) is 16.1. The van der Waals surface area contributed by atoms with Crippen molar-refractivity contribution in [2.75, 3.05) is 18.9 Å². The fourth-order valence-electron chi connectivity index (χ4n) is 2.25. The van der Waals surface area contributed by atoms with Crippen LogP contribution in [0.4, 0.5) is 10.1 Å². The predicted octanol–water partition coefficient (Wildman–Crippen LogP) is 3.51. The number of carbonyl (C=O) groups excluding carboxylic acids is 1. The highest BCUT2D eigenvalue weighted by Gasteiger charge is 2.09. The molecule has 2 aromatic carbocycles. The number of amides is 1. The Bertz CT molecular complexity index is 670. The number of aryl methyl sites for hydroxylation is 2. The van der Waals surface area contributed by atoms with Crippen LogP contribution in [0.2, 0.25) is 0 Å². The molecule has 0 aliphatic rings. The fraction of sp³-hybridized carbons (Fsp3) is 0.278. The molecule has 0 bridgehead atoms. The zero-order valence-electron chi connectivity index (χ0n) is 13.2. The number of likely N-dealkylation sites (N-methyl/N-ethyl adjacent to an activating group) is 1. The molecule has 0 aromatic heterocycles. The third-order valence-electron chi connectivity index (χ3n) is 3.57. The molecular formula is C18H21FN2O. The van der Waals surface area contributed by atoms with Crippen molar-refractivity contribution in [2.45, 2.75) is 20.4 Å². The Morgan fingerprint density at radius 2 is 1.86 bits per heavy atom. The summed E-state index contributed by atoms with van der Waals surface area (Å²) in [6.45, 7) is 4.70. The SMILES string of the molecule is Cc1ccc(NC(=O)CN(C)Cc2ccccc2C)cc1F. The summed E-state index contributed by atoms with van der Waals surface area (Å²) in [6, 6.07) is 12.8. The smallest absolute Gasteiger partial charge is 0.238 e. The Kier molecular flexibility index (Phi) is 5.28. The number of rotatable bonds is 5. The van der Waals surface area contributed by atoms with Crippen molar-refractivity contribution in [3.63, 3.8) is 0 Å². The van der Waals surface area contributed by atoms with Crippen LogP contribution in [0.15, 0.2) is 42.5 Å². The second kappa shape index (κ2) is 7.18. The van der Waals surface area contributed by atoms with Crippen molar-refractivity contribution in [1.29, 1.82) is 0 Å². The molecule has 2 aromatic rings. The van der Waals surface area contributed by atoms with E-state index in [1.807, 2.05) is 24.1 Å². The second-order valence-corrected chi connectivity index (χ2v) is 5.61. The predicted molar refractivity (Wildman–Crippen MR) is 87.3 cm³/mol. The van der Waals surface area contributed by atoms with Gasteiger partial charge in [-0.2, -0.15) is 0 Å². The van der Waals surface area contributed by atoms with E-state index >= 15 is 0 Å². The summed E-state index contributed by atoms with van der Waals surface area (Å²) >= 11 is 0. The lowest BCUT2D eigenvalue weighted by Gasteiger charge is -2.17. The molecule has 0 atom stereocenters. The molecule has 4 heteroatoms. The van der Waals surface area contributed by atoms with Gasteiger partial charge in [0, 0.05) is 12.2 Å². The first-order valence-corrected chi connectivity index (χ1v) is 7.25. The molecule has 2 rings (SSSR count). The van der Waals surface area contributed by atoms with E-state index in [4.69, 9.17) is 0 Å². The van der Waals surface area contributed by atoms with Crippen LogP contribution in [0.1, 0.15) is 16.7 Å². The van der Waals surface area contributed by atoms with Crippen molar-refractivity contribution < 1.29 is 9.18 Å². The summed E-state index contributed by atoms with van der Waals surface area (Å²) in [5, 5.41) is 2.72. The minimum atomic E-state index is -0.314. The number of anilines is 1. The van der Waals surface area contributed by atoms with Crippen LogP contribution >= 0.6 is 0 Å². The molecule has 0 saturated carbocycles. The fourth-order valence-corrected chi connectivity index (χ4v) is 2.25. The van der Waals surface area contributed by atoms with Gasteiger partial charge in [-0.1, -0.05) is 30.3 Å². The summed E-state index contributed by atoms with van der Waals surface area (Å²) in [5.41, 5.74) is 3.45. The number of hydrogen-bond acceptors (Lipinski definition) is 2. The van der Waals surface area contributed by atoms with Gasteiger partial charge in [0.2, 0.25) is 5.91 Å². The van der Waals surface area contributed by atoms with Gasteiger partial charge in [0.25, 0.3) is 0 Å². The lowest BCUT2D eigenvalue weighted by Crippen LogP contribution is -2.30. The van der Waals surface area contributed by atoms with Crippen molar-refractivity contribution >= 4 is 11.6 Å². The molecule has 0 radical (unpaired) electrons. The van der Waals surface area contributed by atoms with Crippen LogP contribution in [-0.4, -0.2) is 24.4 Å². The molecule has 22 heavy (non-hydrogen) atoms. The van der Waals surface area contributed by atoms with Gasteiger partial charge in [0.1, 0.15) is 5.82 Å². The van der Waals surface area contributed by atoms with E-state index in [-0.39, 0.29) is 18.3 Å². The van der Waals surface area contributed by atoms with Crippen LogP contribution in [0.25, 0.3) is 0 Å². The van der Waals surface area contributed by atoms with E-state index in [1.54, 1.807) is 19.1 Å². The van der Waals surface area contributed by atoms with Crippen LogP contribution in [0.3, 0.4) is 0 Å². The van der Waals surface area contributed by atoms with Crippen LogP contribution in [0, 0.1) is 19.7 Å². The highest BCUT2D eigenvalue weighted by atomic mass is 19.1. The van der Waals surface area contributed by atoms with Gasteiger partial charge in [0.05, 0.1) is 6.54 Å². The minimum Gasteiger partial charge on any atom is -0.325 e. The number of hydrogen-bond donors (Lipinski definition) is 1. The summed E-state index contributed by atoms with van der Waals surface area (Å²) in [5.74, 6) is -0.467. The lowest BCUT2D eigenvalue weighted by atomic mass is 10.1. The summed E-state index contributed by atoms with van der Waals surface area (Å²) in [7, 11) is 1.89. The molecule has 1 N–H and O–H groups in total. The molecule has 0 heterocycles. The van der Waals surface area contributed by atoms with Gasteiger partial charge in [-0.05, 0) is 49.7 Å². The van der Waals surface area contributed by atoms with Crippen molar-refractivity contribution in [3.05, 3.63) is 65.0 Å². The number of carbonyl (C=O) groups is 1. The maximum atomic E-state index is 13.5. The van der Waals surface area contributed by atoms with Crippen LogP contribution in [0.5, 0.6) is 0 Å². The molecule has 3 nitrogen and oxygen atoms in total. The standard InChI is InChI=1S/C18H21FN2O/c1-13-6-4-5-7-15(13)11-21(3)12-18(22)20-16-9-8-14(2)17(19)10-16/h4-10H,11-12H2,1-3H3,(H,20,22). The Hall–Kier alpha value is -2.20. The van der Waals surface area contributed by atoms with E-state index < -0.39 is 0 Å². The zero-order valence-corrected chi connectivity index (χ0v) is 13.2. The van der Waals surface area contributed by atoms with Gasteiger partial charge in [0.15, 0.2) is 0 Å². The third-order valence-corrected chi connectivity index (χ3v) is 3.57. The van der Waals surface area contributed by atoms with Gasteiger partial charge in [-0.3, -0.25) is 9.69 Å². The summed E-state index contributed by atoms with van der Waals surface area (Å²) in [4.78, 5) is 14.0. The molecular weight excluding hydrogens is 279 g/mol. The number of nitrogens with one attached hydrogen (secondary N) is 1. The van der Waals surface area contributed by atoms with Crippen molar-refractivity contribution in [2.24, 2.45) is 0 Å². The monoisotopic (exact) mass is 300 g/mol. The maximum Gasteiger partial charge on any atom is 0.238 e. The molecule has 0 saturated heterocycles. The first kappa shape index (κ1) is 16.2. The summed E-state index contributed by atoms with van der Waals surface area (Å²) < 4.78 is 13.5. The van der Waals surface area contributed by atoms with Crippen molar-refractivity contribution in [3.8, 4) is 0 Å². The summed E-state index contributed by atoms with van der Waals surface area (Å²) in [6.07, 6.45) is 0. The highest BCUT2D eigenvalue weighted by molar-refractivity contribution is 5.92. The molecule has 0 aliphatic carbocycles. The van der Waals surface area contributed by atoms with Gasteiger partial charge in [-0.25, -0.2) is 4.39 Å². The number of nitrogens with zero attached hydrogens (tertiary/aromatic N) is 1. The van der Waals surface area contributed by atoms with Crippen LogP contribution in [-0.2, 0) is 11.3 Å². The largest absolute Gasteiger partial charge is 0.325 e. The van der Waals surface area contributed by atoms with Crippen LogP contribution < -0.4 is 5.32 Å². The van der Waals surface area contributed by atoms with Gasteiger partial charge < -0.3 is 5.32 Å². The lowest BCUT2D eigenvalue weighted by molar-refractivity contribution is -0.117. The molecule has 116 valence electrons. The number of halogens is 1. The average Bonchev–Trinajstić information content (AvgIpc) is 2.45. The van der Waals surface area contributed by atoms with Crippen molar-refractivity contribution in [1.82, 2.24) is 4.90 Å². The molecule has 0 fully saturated rings. The third kappa shape index (κ3) is 4.40. The topological polar surface area (TPSA) is 32.3 Å². The minimum absolute atomic E-state index is 0.153. The normalized spacial score (nSPS) is 10.8. The first-order chi connectivity index (χ1) is 10.5. The highest BCUT2D eigenvalue weighted by Crippen LogP contribution is 2.14. The molecule has 0 aliphatic heterocycles. The Morgan fingerprint density at radius 3 is 2.55 bits per heavy atom. The van der Waals surface area contributed by atoms with E-state index in [0.29, 0.717) is 17.8 Å². The van der Waals surface area contributed by atoms with E-state index in [1.165, 1.54) is 17.2 Å². The van der Waals surface area contributed by atoms with Gasteiger partial charge in [-0.15, -0.1) is 0 Å². The molecule has 1 amide bonds. The first-order valence-electron chi connectivity index (χ1n) is 7.25. The Labute approximate surface area is 130 Å². The molecule has 0 unspecified atom stereocenters. The van der Waals surface area contributed by atoms with E-state index in [9.17, 15) is 9.18 Å². The molecule has 0 spiro atoms. The maximum absolute atomic E-state index is 13.5. The average molecular weight is 300 g/mol. The quantitative estimate of drug-likeness (QED) is 0.916. The Morgan fingerprint density at radius 1 is 1.14 bits per heavy atom. The Balaban J connectivity index is 1.91. The van der Waals surface area contributed by atoms with E-state index in [2.05, 4.69) is 24.4 Å². The second-order valence-electron chi connectivity index (χ2n) is 5.61.